The molecule has 5 heteroatoms. The Bertz CT molecular complexity index is 609. The fraction of sp³-hybridized carbons (Fsp3) is 0.333. The van der Waals surface area contributed by atoms with Crippen LogP contribution in [-0.2, 0) is 0 Å². The fourth-order valence-corrected chi connectivity index (χ4v) is 2.90. The molecule has 0 radical (unpaired) electrons. The topological polar surface area (TPSA) is 41.1 Å². The number of rotatable bonds is 3. The maximum atomic E-state index is 4.61. The molecule has 1 N–H and O–H groups in total. The Labute approximate surface area is 127 Å². The molecule has 0 aliphatic carbocycles. The normalized spacial score (nSPS) is 14.6. The van der Waals surface area contributed by atoms with Gasteiger partial charge in [0.05, 0.1) is 0 Å². The zero-order chi connectivity index (χ0) is 13.9. The van der Waals surface area contributed by atoms with E-state index in [-0.39, 0.29) is 0 Å². The van der Waals surface area contributed by atoms with Crippen molar-refractivity contribution >= 4 is 33.4 Å². The van der Waals surface area contributed by atoms with E-state index in [2.05, 4.69) is 49.1 Å². The number of benzene rings is 1. The molecule has 0 bridgehead atoms. The third-order valence-corrected chi connectivity index (χ3v) is 4.00. The van der Waals surface area contributed by atoms with E-state index in [1.165, 1.54) is 12.8 Å². The molecule has 0 saturated carbocycles. The van der Waals surface area contributed by atoms with Crippen LogP contribution in [0.4, 0.5) is 17.5 Å². The van der Waals surface area contributed by atoms with Gasteiger partial charge in [0.15, 0.2) is 0 Å². The Kier molecular flexibility index (Phi) is 3.87. The van der Waals surface area contributed by atoms with E-state index in [4.69, 9.17) is 0 Å². The van der Waals surface area contributed by atoms with E-state index < -0.39 is 0 Å². The number of hydrogen-bond donors (Lipinski definition) is 1. The van der Waals surface area contributed by atoms with Crippen molar-refractivity contribution in [2.45, 2.75) is 19.8 Å². The molecule has 1 aromatic heterocycles. The van der Waals surface area contributed by atoms with Crippen molar-refractivity contribution < 1.29 is 0 Å². The van der Waals surface area contributed by atoms with Gasteiger partial charge in [-0.2, -0.15) is 4.98 Å². The molecule has 1 aromatic carbocycles. The molecule has 1 saturated heterocycles. The highest BCUT2D eigenvalue weighted by molar-refractivity contribution is 9.10. The first-order valence-corrected chi connectivity index (χ1v) is 7.63. The molecule has 0 atom stereocenters. The van der Waals surface area contributed by atoms with Crippen LogP contribution >= 0.6 is 15.9 Å². The first-order valence-electron chi connectivity index (χ1n) is 6.83. The minimum atomic E-state index is 0.653. The van der Waals surface area contributed by atoms with Crippen LogP contribution < -0.4 is 10.2 Å². The highest BCUT2D eigenvalue weighted by Crippen LogP contribution is 2.24. The van der Waals surface area contributed by atoms with E-state index in [9.17, 15) is 0 Å². The van der Waals surface area contributed by atoms with Crippen LogP contribution in [-0.4, -0.2) is 23.1 Å². The van der Waals surface area contributed by atoms with Gasteiger partial charge in [-0.3, -0.25) is 0 Å². The molecule has 1 aliphatic rings. The SMILES string of the molecule is Cc1cc(Br)ccc1Nc1nccc(N2CCCC2)n1. The minimum Gasteiger partial charge on any atom is -0.356 e. The van der Waals surface area contributed by atoms with Gasteiger partial charge in [0.25, 0.3) is 0 Å². The first kappa shape index (κ1) is 13.4. The lowest BCUT2D eigenvalue weighted by atomic mass is 10.2. The molecule has 3 rings (SSSR count). The third kappa shape index (κ3) is 2.93. The number of nitrogens with zero attached hydrogens (tertiary/aromatic N) is 3. The monoisotopic (exact) mass is 332 g/mol. The average Bonchev–Trinajstić information content (AvgIpc) is 2.96. The highest BCUT2D eigenvalue weighted by atomic mass is 79.9. The van der Waals surface area contributed by atoms with Crippen LogP contribution in [0.15, 0.2) is 34.9 Å². The maximum absolute atomic E-state index is 4.61. The molecule has 0 amide bonds. The average molecular weight is 333 g/mol. The van der Waals surface area contributed by atoms with Gasteiger partial charge in [-0.1, -0.05) is 15.9 Å². The summed E-state index contributed by atoms with van der Waals surface area (Å²) in [7, 11) is 0. The molecular weight excluding hydrogens is 316 g/mol. The van der Waals surface area contributed by atoms with E-state index >= 15 is 0 Å². The smallest absolute Gasteiger partial charge is 0.229 e. The zero-order valence-electron chi connectivity index (χ0n) is 11.4. The summed E-state index contributed by atoms with van der Waals surface area (Å²) in [6.45, 7) is 4.25. The molecule has 20 heavy (non-hydrogen) atoms. The van der Waals surface area contributed by atoms with Crippen LogP contribution in [0.3, 0.4) is 0 Å². The summed E-state index contributed by atoms with van der Waals surface area (Å²) in [5.41, 5.74) is 2.20. The fourth-order valence-electron chi connectivity index (χ4n) is 2.42. The molecule has 1 fully saturated rings. The van der Waals surface area contributed by atoms with Crippen molar-refractivity contribution in [2.24, 2.45) is 0 Å². The van der Waals surface area contributed by atoms with E-state index in [0.717, 1.165) is 34.6 Å². The second-order valence-corrected chi connectivity index (χ2v) is 5.93. The summed E-state index contributed by atoms with van der Waals surface area (Å²) < 4.78 is 1.08. The second kappa shape index (κ2) is 5.79. The maximum Gasteiger partial charge on any atom is 0.229 e. The van der Waals surface area contributed by atoms with Gasteiger partial charge in [-0.15, -0.1) is 0 Å². The summed E-state index contributed by atoms with van der Waals surface area (Å²) in [6, 6.07) is 8.10. The summed E-state index contributed by atoms with van der Waals surface area (Å²) >= 11 is 3.47. The number of aromatic nitrogens is 2. The Morgan fingerprint density at radius 1 is 1.20 bits per heavy atom. The van der Waals surface area contributed by atoms with Crippen LogP contribution in [0, 0.1) is 6.92 Å². The lowest BCUT2D eigenvalue weighted by Crippen LogP contribution is -2.19. The third-order valence-electron chi connectivity index (χ3n) is 3.51. The molecule has 0 spiro atoms. The lowest BCUT2D eigenvalue weighted by molar-refractivity contribution is 0.930. The molecular formula is C15H17BrN4. The van der Waals surface area contributed by atoms with Crippen molar-refractivity contribution in [1.82, 2.24) is 9.97 Å². The summed E-state index contributed by atoms with van der Waals surface area (Å²) in [5, 5.41) is 3.29. The van der Waals surface area contributed by atoms with Crippen molar-refractivity contribution in [3.63, 3.8) is 0 Å². The van der Waals surface area contributed by atoms with Gasteiger partial charge >= 0.3 is 0 Å². The molecule has 4 nitrogen and oxygen atoms in total. The van der Waals surface area contributed by atoms with Crippen molar-refractivity contribution in [3.05, 3.63) is 40.5 Å². The molecule has 2 heterocycles. The summed E-state index contributed by atoms with van der Waals surface area (Å²) in [4.78, 5) is 11.2. The number of hydrogen-bond acceptors (Lipinski definition) is 4. The largest absolute Gasteiger partial charge is 0.356 e. The molecule has 1 aliphatic heterocycles. The highest BCUT2D eigenvalue weighted by Gasteiger charge is 2.14. The van der Waals surface area contributed by atoms with Crippen molar-refractivity contribution in [1.29, 1.82) is 0 Å². The number of nitrogens with one attached hydrogen (secondary N) is 1. The van der Waals surface area contributed by atoms with E-state index in [1.807, 2.05) is 24.4 Å². The minimum absolute atomic E-state index is 0.653. The standard InChI is InChI=1S/C15H17BrN4/c1-11-10-12(16)4-5-13(11)18-15-17-7-6-14(19-15)20-8-2-3-9-20/h4-7,10H,2-3,8-9H2,1H3,(H,17,18,19). The molecule has 2 aromatic rings. The van der Waals surface area contributed by atoms with Gasteiger partial charge in [-0.05, 0) is 49.6 Å². The van der Waals surface area contributed by atoms with Gasteiger partial charge in [0.1, 0.15) is 5.82 Å². The van der Waals surface area contributed by atoms with E-state index in [1.54, 1.807) is 0 Å². The van der Waals surface area contributed by atoms with Crippen molar-refractivity contribution in [2.75, 3.05) is 23.3 Å². The van der Waals surface area contributed by atoms with Crippen LogP contribution in [0.5, 0.6) is 0 Å². The predicted molar refractivity (Wildman–Crippen MR) is 85.6 cm³/mol. The van der Waals surface area contributed by atoms with Crippen LogP contribution in [0.1, 0.15) is 18.4 Å². The van der Waals surface area contributed by atoms with Gasteiger partial charge < -0.3 is 10.2 Å². The summed E-state index contributed by atoms with van der Waals surface area (Å²) in [6.07, 6.45) is 4.31. The number of anilines is 3. The lowest BCUT2D eigenvalue weighted by Gasteiger charge is -2.17. The van der Waals surface area contributed by atoms with Gasteiger partial charge in [0, 0.05) is 29.4 Å². The summed E-state index contributed by atoms with van der Waals surface area (Å²) in [5.74, 6) is 1.66. The Morgan fingerprint density at radius 3 is 2.75 bits per heavy atom. The Morgan fingerprint density at radius 2 is 2.00 bits per heavy atom. The van der Waals surface area contributed by atoms with Crippen LogP contribution in [0.2, 0.25) is 0 Å². The zero-order valence-corrected chi connectivity index (χ0v) is 13.0. The van der Waals surface area contributed by atoms with Gasteiger partial charge in [0.2, 0.25) is 5.95 Å². The van der Waals surface area contributed by atoms with E-state index in [0.29, 0.717) is 5.95 Å². The Hall–Kier alpha value is -1.62. The molecule has 104 valence electrons. The quantitative estimate of drug-likeness (QED) is 0.925. The van der Waals surface area contributed by atoms with Crippen LogP contribution in [0.25, 0.3) is 0 Å². The van der Waals surface area contributed by atoms with Gasteiger partial charge in [-0.25, -0.2) is 4.98 Å². The van der Waals surface area contributed by atoms with Crippen molar-refractivity contribution in [3.8, 4) is 0 Å². The number of halogens is 1. The number of aryl methyl sites for hydroxylation is 1. The molecule has 0 unspecified atom stereocenters. The second-order valence-electron chi connectivity index (χ2n) is 5.02. The first-order chi connectivity index (χ1) is 9.72. The Balaban J connectivity index is 1.81. The predicted octanol–water partition coefficient (Wildman–Crippen LogP) is 3.89.